The first-order valence-electron chi connectivity index (χ1n) is 7.93. The van der Waals surface area contributed by atoms with Crippen LogP contribution in [0.4, 0.5) is 0 Å². The second-order valence-corrected chi connectivity index (χ2v) is 6.92. The molecular formula is C19H20N2O2S. The van der Waals surface area contributed by atoms with Gasteiger partial charge in [0.25, 0.3) is 0 Å². The SMILES string of the molecule is Cc1ccc(SCCNC(=O)Cc2noc3ccccc23)cc1C. The van der Waals surface area contributed by atoms with Crippen molar-refractivity contribution in [1.29, 1.82) is 0 Å². The molecule has 3 aromatic rings. The minimum absolute atomic E-state index is 0.0326. The van der Waals surface area contributed by atoms with Crippen molar-refractivity contribution in [3.63, 3.8) is 0 Å². The topological polar surface area (TPSA) is 55.1 Å². The van der Waals surface area contributed by atoms with E-state index in [2.05, 4.69) is 42.5 Å². The van der Waals surface area contributed by atoms with Crippen LogP contribution in [0, 0.1) is 13.8 Å². The second kappa shape index (κ2) is 7.53. The predicted octanol–water partition coefficient (Wildman–Crippen LogP) is 3.90. The molecule has 0 aliphatic heterocycles. The number of carbonyl (C=O) groups is 1. The van der Waals surface area contributed by atoms with Crippen molar-refractivity contribution in [2.24, 2.45) is 0 Å². The van der Waals surface area contributed by atoms with Gasteiger partial charge in [-0.25, -0.2) is 0 Å². The Kier molecular flexibility index (Phi) is 5.20. The summed E-state index contributed by atoms with van der Waals surface area (Å²) in [6, 6.07) is 14.0. The van der Waals surface area contributed by atoms with Crippen molar-refractivity contribution in [2.75, 3.05) is 12.3 Å². The average molecular weight is 340 g/mol. The molecule has 0 radical (unpaired) electrons. The Bertz CT molecular complexity index is 857. The Morgan fingerprint density at radius 3 is 2.83 bits per heavy atom. The van der Waals surface area contributed by atoms with E-state index >= 15 is 0 Å². The molecule has 0 aliphatic carbocycles. The van der Waals surface area contributed by atoms with Crippen LogP contribution >= 0.6 is 11.8 Å². The van der Waals surface area contributed by atoms with Gasteiger partial charge in [0.15, 0.2) is 5.58 Å². The molecule has 0 fully saturated rings. The number of aryl methyl sites for hydroxylation is 2. The minimum atomic E-state index is -0.0326. The summed E-state index contributed by atoms with van der Waals surface area (Å²) >= 11 is 1.75. The van der Waals surface area contributed by atoms with E-state index in [0.29, 0.717) is 17.8 Å². The number of para-hydroxylation sites is 1. The number of thioether (sulfide) groups is 1. The van der Waals surface area contributed by atoms with Crippen molar-refractivity contribution in [2.45, 2.75) is 25.2 Å². The molecule has 1 amide bonds. The van der Waals surface area contributed by atoms with E-state index in [0.717, 1.165) is 11.1 Å². The van der Waals surface area contributed by atoms with Gasteiger partial charge in [0, 0.05) is 22.6 Å². The first-order valence-corrected chi connectivity index (χ1v) is 8.92. The number of nitrogens with zero attached hydrogens (tertiary/aromatic N) is 1. The Morgan fingerprint density at radius 2 is 2.00 bits per heavy atom. The molecule has 1 heterocycles. The smallest absolute Gasteiger partial charge is 0.226 e. The number of nitrogens with one attached hydrogen (secondary N) is 1. The zero-order valence-corrected chi connectivity index (χ0v) is 14.7. The number of amides is 1. The monoisotopic (exact) mass is 340 g/mol. The van der Waals surface area contributed by atoms with E-state index < -0.39 is 0 Å². The maximum absolute atomic E-state index is 12.1. The molecule has 0 aliphatic rings. The molecule has 1 N–H and O–H groups in total. The molecular weight excluding hydrogens is 320 g/mol. The molecule has 0 unspecified atom stereocenters. The lowest BCUT2D eigenvalue weighted by molar-refractivity contribution is -0.120. The largest absolute Gasteiger partial charge is 0.356 e. The molecule has 5 heteroatoms. The maximum Gasteiger partial charge on any atom is 0.226 e. The predicted molar refractivity (Wildman–Crippen MR) is 97.4 cm³/mol. The van der Waals surface area contributed by atoms with E-state index in [1.54, 1.807) is 11.8 Å². The summed E-state index contributed by atoms with van der Waals surface area (Å²) in [5, 5.41) is 7.83. The third-order valence-electron chi connectivity index (χ3n) is 3.95. The number of benzene rings is 2. The zero-order valence-electron chi connectivity index (χ0n) is 13.8. The van der Waals surface area contributed by atoms with E-state index in [9.17, 15) is 4.79 Å². The summed E-state index contributed by atoms with van der Waals surface area (Å²) in [4.78, 5) is 13.3. The number of fused-ring (bicyclic) bond motifs is 1. The summed E-state index contributed by atoms with van der Waals surface area (Å²) in [7, 11) is 0. The molecule has 0 bridgehead atoms. The van der Waals surface area contributed by atoms with Crippen LogP contribution < -0.4 is 5.32 Å². The van der Waals surface area contributed by atoms with Crippen molar-refractivity contribution < 1.29 is 9.32 Å². The molecule has 124 valence electrons. The fraction of sp³-hybridized carbons (Fsp3) is 0.263. The van der Waals surface area contributed by atoms with E-state index in [1.165, 1.54) is 16.0 Å². The lowest BCUT2D eigenvalue weighted by atomic mass is 10.1. The van der Waals surface area contributed by atoms with Gasteiger partial charge in [-0.2, -0.15) is 0 Å². The molecule has 4 nitrogen and oxygen atoms in total. The van der Waals surface area contributed by atoms with Crippen molar-refractivity contribution in [3.05, 3.63) is 59.3 Å². The second-order valence-electron chi connectivity index (χ2n) is 5.75. The van der Waals surface area contributed by atoms with Gasteiger partial charge in [-0.15, -0.1) is 11.8 Å². The first kappa shape index (κ1) is 16.6. The van der Waals surface area contributed by atoms with Crippen LogP contribution in [0.15, 0.2) is 51.9 Å². The highest BCUT2D eigenvalue weighted by Gasteiger charge is 2.11. The Hall–Kier alpha value is -2.27. The van der Waals surface area contributed by atoms with Gasteiger partial charge >= 0.3 is 0 Å². The standard InChI is InChI=1S/C19H20N2O2S/c1-13-7-8-15(11-14(13)2)24-10-9-20-19(22)12-17-16-5-3-4-6-18(16)23-21-17/h3-8,11H,9-10,12H2,1-2H3,(H,20,22). The molecule has 0 spiro atoms. The van der Waals surface area contributed by atoms with Gasteiger partial charge in [0.05, 0.1) is 6.42 Å². The molecule has 3 rings (SSSR count). The first-order chi connectivity index (χ1) is 11.6. The van der Waals surface area contributed by atoms with Gasteiger partial charge in [-0.3, -0.25) is 4.79 Å². The highest BCUT2D eigenvalue weighted by atomic mass is 32.2. The third-order valence-corrected chi connectivity index (χ3v) is 4.95. The van der Waals surface area contributed by atoms with Crippen LogP contribution in [0.3, 0.4) is 0 Å². The Balaban J connectivity index is 1.46. The molecule has 2 aromatic carbocycles. The van der Waals surface area contributed by atoms with Crippen molar-refractivity contribution >= 4 is 28.6 Å². The number of hydrogen-bond acceptors (Lipinski definition) is 4. The normalized spacial score (nSPS) is 10.9. The number of hydrogen-bond donors (Lipinski definition) is 1. The fourth-order valence-electron chi connectivity index (χ4n) is 2.44. The molecule has 1 aromatic heterocycles. The van der Waals surface area contributed by atoms with Gasteiger partial charge < -0.3 is 9.84 Å². The van der Waals surface area contributed by atoms with Crippen LogP contribution in [0.1, 0.15) is 16.8 Å². The van der Waals surface area contributed by atoms with E-state index in [1.807, 2.05) is 24.3 Å². The Labute approximate surface area is 145 Å². The Morgan fingerprint density at radius 1 is 1.17 bits per heavy atom. The summed E-state index contributed by atoms with van der Waals surface area (Å²) in [5.41, 5.74) is 3.99. The third kappa shape index (κ3) is 3.97. The van der Waals surface area contributed by atoms with Crippen LogP contribution in [-0.2, 0) is 11.2 Å². The van der Waals surface area contributed by atoms with Crippen LogP contribution in [-0.4, -0.2) is 23.4 Å². The lowest BCUT2D eigenvalue weighted by Gasteiger charge is -2.06. The molecule has 0 atom stereocenters. The van der Waals surface area contributed by atoms with Crippen LogP contribution in [0.5, 0.6) is 0 Å². The van der Waals surface area contributed by atoms with Gasteiger partial charge in [-0.05, 0) is 49.2 Å². The van der Waals surface area contributed by atoms with Crippen molar-refractivity contribution in [1.82, 2.24) is 10.5 Å². The summed E-state index contributed by atoms with van der Waals surface area (Å²) in [6.07, 6.45) is 0.241. The van der Waals surface area contributed by atoms with Crippen LogP contribution in [0.2, 0.25) is 0 Å². The van der Waals surface area contributed by atoms with Crippen molar-refractivity contribution in [3.8, 4) is 0 Å². The zero-order chi connectivity index (χ0) is 16.9. The molecule has 0 saturated carbocycles. The minimum Gasteiger partial charge on any atom is -0.356 e. The van der Waals surface area contributed by atoms with Crippen LogP contribution in [0.25, 0.3) is 11.0 Å². The highest BCUT2D eigenvalue weighted by molar-refractivity contribution is 7.99. The number of aromatic nitrogens is 1. The maximum atomic E-state index is 12.1. The lowest BCUT2D eigenvalue weighted by Crippen LogP contribution is -2.27. The summed E-state index contributed by atoms with van der Waals surface area (Å²) < 4.78 is 5.22. The summed E-state index contributed by atoms with van der Waals surface area (Å²) in [6.45, 7) is 4.85. The molecule has 24 heavy (non-hydrogen) atoms. The number of rotatable bonds is 6. The average Bonchev–Trinajstić information content (AvgIpc) is 2.98. The quantitative estimate of drug-likeness (QED) is 0.546. The summed E-state index contributed by atoms with van der Waals surface area (Å²) in [5.74, 6) is 0.808. The van der Waals surface area contributed by atoms with Gasteiger partial charge in [-0.1, -0.05) is 23.4 Å². The fourth-order valence-corrected chi connectivity index (χ4v) is 3.31. The van der Waals surface area contributed by atoms with Gasteiger partial charge in [0.1, 0.15) is 5.69 Å². The van der Waals surface area contributed by atoms with E-state index in [4.69, 9.17) is 4.52 Å². The van der Waals surface area contributed by atoms with E-state index in [-0.39, 0.29) is 12.3 Å². The molecule has 0 saturated heterocycles. The van der Waals surface area contributed by atoms with Gasteiger partial charge in [0.2, 0.25) is 5.91 Å². The highest BCUT2D eigenvalue weighted by Crippen LogP contribution is 2.21. The number of carbonyl (C=O) groups excluding carboxylic acids is 1.